The molecule has 1 heterocycles. The third-order valence-electron chi connectivity index (χ3n) is 3.50. The number of amides is 1. The summed E-state index contributed by atoms with van der Waals surface area (Å²) < 4.78 is 5.55. The third kappa shape index (κ3) is 3.04. The number of ether oxygens (including phenoxy) is 1. The average molecular weight is 298 g/mol. The van der Waals surface area contributed by atoms with Crippen molar-refractivity contribution < 1.29 is 19.4 Å². The molecule has 0 radical (unpaired) electrons. The SMILES string of the molecule is CC(NC(=O)C1Cc2cc(Cl)ccc2O1)C(C)C(=O)O. The monoisotopic (exact) mass is 297 g/mol. The third-order valence-corrected chi connectivity index (χ3v) is 3.73. The van der Waals surface area contributed by atoms with E-state index < -0.39 is 24.0 Å². The topological polar surface area (TPSA) is 75.6 Å². The van der Waals surface area contributed by atoms with Crippen molar-refractivity contribution in [2.45, 2.75) is 32.4 Å². The van der Waals surface area contributed by atoms with Crippen LogP contribution in [0.4, 0.5) is 0 Å². The van der Waals surface area contributed by atoms with Crippen LogP contribution in [0.1, 0.15) is 19.4 Å². The highest BCUT2D eigenvalue weighted by molar-refractivity contribution is 6.30. The van der Waals surface area contributed by atoms with Crippen molar-refractivity contribution in [2.75, 3.05) is 0 Å². The van der Waals surface area contributed by atoms with Gasteiger partial charge in [-0.2, -0.15) is 0 Å². The van der Waals surface area contributed by atoms with Crippen LogP contribution in [0.15, 0.2) is 18.2 Å². The number of benzene rings is 1. The summed E-state index contributed by atoms with van der Waals surface area (Å²) in [6.07, 6.45) is -0.192. The smallest absolute Gasteiger partial charge is 0.308 e. The van der Waals surface area contributed by atoms with Crippen LogP contribution in [0, 0.1) is 5.92 Å². The van der Waals surface area contributed by atoms with E-state index in [0.29, 0.717) is 17.2 Å². The fraction of sp³-hybridized carbons (Fsp3) is 0.429. The summed E-state index contributed by atoms with van der Waals surface area (Å²) >= 11 is 5.89. The zero-order chi connectivity index (χ0) is 14.9. The van der Waals surface area contributed by atoms with Gasteiger partial charge in [-0.3, -0.25) is 9.59 Å². The Hall–Kier alpha value is -1.75. The molecule has 1 aliphatic heterocycles. The van der Waals surface area contributed by atoms with Gasteiger partial charge >= 0.3 is 5.97 Å². The van der Waals surface area contributed by atoms with Gasteiger partial charge in [-0.1, -0.05) is 11.6 Å². The van der Waals surface area contributed by atoms with E-state index in [1.54, 1.807) is 32.0 Å². The first-order chi connectivity index (χ1) is 9.38. The molecule has 0 saturated carbocycles. The van der Waals surface area contributed by atoms with E-state index in [1.807, 2.05) is 0 Å². The minimum absolute atomic E-state index is 0.307. The molecule has 20 heavy (non-hydrogen) atoms. The molecule has 0 aliphatic carbocycles. The maximum atomic E-state index is 12.1. The van der Waals surface area contributed by atoms with Crippen LogP contribution >= 0.6 is 11.6 Å². The summed E-state index contributed by atoms with van der Waals surface area (Å²) in [4.78, 5) is 22.9. The Balaban J connectivity index is 1.98. The minimum Gasteiger partial charge on any atom is -0.481 e. The van der Waals surface area contributed by atoms with Crippen LogP contribution in [0.2, 0.25) is 5.02 Å². The molecule has 3 atom stereocenters. The Morgan fingerprint density at radius 1 is 1.45 bits per heavy atom. The number of aliphatic carboxylic acids is 1. The first-order valence-electron chi connectivity index (χ1n) is 6.36. The van der Waals surface area contributed by atoms with E-state index in [-0.39, 0.29) is 5.91 Å². The summed E-state index contributed by atoms with van der Waals surface area (Å²) in [6.45, 7) is 3.22. The minimum atomic E-state index is -0.944. The fourth-order valence-corrected chi connectivity index (χ4v) is 2.21. The number of carbonyl (C=O) groups excluding carboxylic acids is 1. The molecule has 3 unspecified atom stereocenters. The summed E-state index contributed by atoms with van der Waals surface area (Å²) in [6, 6.07) is 4.74. The molecule has 0 bridgehead atoms. The van der Waals surface area contributed by atoms with Gasteiger partial charge in [0.05, 0.1) is 5.92 Å². The second kappa shape index (κ2) is 5.71. The highest BCUT2D eigenvalue weighted by atomic mass is 35.5. The standard InChI is InChI=1S/C14H16ClNO4/c1-7(14(18)19)8(2)16-13(17)12-6-9-5-10(15)3-4-11(9)20-12/h3-5,7-8,12H,6H2,1-2H3,(H,16,17)(H,18,19). The molecule has 2 rings (SSSR count). The van der Waals surface area contributed by atoms with Gasteiger partial charge in [-0.15, -0.1) is 0 Å². The second-order valence-corrected chi connectivity index (χ2v) is 5.42. The van der Waals surface area contributed by atoms with Crippen molar-refractivity contribution in [3.63, 3.8) is 0 Å². The lowest BCUT2D eigenvalue weighted by Crippen LogP contribution is -2.46. The number of fused-ring (bicyclic) bond motifs is 1. The normalized spacial score (nSPS) is 19.6. The number of halogens is 1. The Kier molecular flexibility index (Phi) is 4.18. The number of rotatable bonds is 4. The van der Waals surface area contributed by atoms with E-state index in [9.17, 15) is 9.59 Å². The largest absolute Gasteiger partial charge is 0.481 e. The van der Waals surface area contributed by atoms with Crippen molar-refractivity contribution in [2.24, 2.45) is 5.92 Å². The first kappa shape index (κ1) is 14.7. The van der Waals surface area contributed by atoms with Crippen LogP contribution < -0.4 is 10.1 Å². The number of carboxylic acids is 1. The molecule has 1 aliphatic rings. The van der Waals surface area contributed by atoms with Crippen molar-refractivity contribution in [1.29, 1.82) is 0 Å². The van der Waals surface area contributed by atoms with Gasteiger partial charge in [0.15, 0.2) is 6.10 Å². The van der Waals surface area contributed by atoms with Crippen molar-refractivity contribution in [3.8, 4) is 5.75 Å². The number of carboxylic acid groups (broad SMARTS) is 1. The molecular formula is C14H16ClNO4. The second-order valence-electron chi connectivity index (χ2n) is 4.99. The highest BCUT2D eigenvalue weighted by Crippen LogP contribution is 2.31. The molecule has 0 fully saturated rings. The molecule has 5 nitrogen and oxygen atoms in total. The van der Waals surface area contributed by atoms with Crippen LogP contribution in [0.5, 0.6) is 5.75 Å². The summed E-state index contributed by atoms with van der Waals surface area (Å²) in [5.74, 6) is -1.26. The molecule has 2 N–H and O–H groups in total. The van der Waals surface area contributed by atoms with Gasteiger partial charge in [0.25, 0.3) is 5.91 Å². The zero-order valence-corrected chi connectivity index (χ0v) is 12.0. The molecule has 108 valence electrons. The Bertz CT molecular complexity index is 546. The molecule has 1 aromatic rings. The van der Waals surface area contributed by atoms with Gasteiger partial charge in [0.2, 0.25) is 0 Å². The lowest BCUT2D eigenvalue weighted by molar-refractivity contribution is -0.142. The number of nitrogens with one attached hydrogen (secondary N) is 1. The Morgan fingerprint density at radius 2 is 2.15 bits per heavy atom. The maximum absolute atomic E-state index is 12.1. The number of carbonyl (C=O) groups is 2. The van der Waals surface area contributed by atoms with Crippen molar-refractivity contribution in [3.05, 3.63) is 28.8 Å². The van der Waals surface area contributed by atoms with Crippen molar-refractivity contribution in [1.82, 2.24) is 5.32 Å². The van der Waals surface area contributed by atoms with E-state index in [0.717, 1.165) is 5.56 Å². The molecule has 0 aromatic heterocycles. The molecule has 6 heteroatoms. The van der Waals surface area contributed by atoms with Gasteiger partial charge in [-0.25, -0.2) is 0 Å². The van der Waals surface area contributed by atoms with Gasteiger partial charge in [-0.05, 0) is 37.6 Å². The van der Waals surface area contributed by atoms with E-state index >= 15 is 0 Å². The van der Waals surface area contributed by atoms with Crippen LogP contribution in [0.25, 0.3) is 0 Å². The van der Waals surface area contributed by atoms with Crippen molar-refractivity contribution >= 4 is 23.5 Å². The van der Waals surface area contributed by atoms with Gasteiger partial charge in [0, 0.05) is 17.5 Å². The van der Waals surface area contributed by atoms with Crippen LogP contribution in [-0.4, -0.2) is 29.1 Å². The van der Waals surface area contributed by atoms with Crippen LogP contribution in [0.3, 0.4) is 0 Å². The zero-order valence-electron chi connectivity index (χ0n) is 11.2. The quantitative estimate of drug-likeness (QED) is 0.889. The number of hydrogen-bond donors (Lipinski definition) is 2. The highest BCUT2D eigenvalue weighted by Gasteiger charge is 2.31. The lowest BCUT2D eigenvalue weighted by Gasteiger charge is -2.20. The van der Waals surface area contributed by atoms with Gasteiger partial charge < -0.3 is 15.2 Å². The summed E-state index contributed by atoms with van der Waals surface area (Å²) in [7, 11) is 0. The Labute approximate surface area is 121 Å². The average Bonchev–Trinajstić information content (AvgIpc) is 2.80. The predicted molar refractivity (Wildman–Crippen MR) is 74.0 cm³/mol. The van der Waals surface area contributed by atoms with Crippen LogP contribution in [-0.2, 0) is 16.0 Å². The van der Waals surface area contributed by atoms with Gasteiger partial charge in [0.1, 0.15) is 5.75 Å². The summed E-state index contributed by atoms with van der Waals surface area (Å²) in [5, 5.41) is 12.2. The lowest BCUT2D eigenvalue weighted by atomic mass is 10.0. The fourth-order valence-electron chi connectivity index (χ4n) is 2.02. The molecule has 0 saturated heterocycles. The molecule has 0 spiro atoms. The number of hydrogen-bond acceptors (Lipinski definition) is 3. The van der Waals surface area contributed by atoms with E-state index in [1.165, 1.54) is 0 Å². The molecule has 1 amide bonds. The van der Waals surface area contributed by atoms with E-state index in [4.69, 9.17) is 21.4 Å². The Morgan fingerprint density at radius 3 is 2.80 bits per heavy atom. The predicted octanol–water partition coefficient (Wildman–Crippen LogP) is 1.87. The summed E-state index contributed by atoms with van der Waals surface area (Å²) in [5.41, 5.74) is 0.886. The van der Waals surface area contributed by atoms with E-state index in [2.05, 4.69) is 5.32 Å². The molecule has 1 aromatic carbocycles. The molecular weight excluding hydrogens is 282 g/mol. The first-order valence-corrected chi connectivity index (χ1v) is 6.74. The maximum Gasteiger partial charge on any atom is 0.308 e.